The van der Waals surface area contributed by atoms with E-state index < -0.39 is 0 Å². The Morgan fingerprint density at radius 1 is 1.41 bits per heavy atom. The fraction of sp³-hybridized carbons (Fsp3) is 0.312. The van der Waals surface area contributed by atoms with Crippen LogP contribution in [-0.2, 0) is 0 Å². The lowest BCUT2D eigenvalue weighted by Crippen LogP contribution is -2.33. The van der Waals surface area contributed by atoms with Crippen molar-refractivity contribution in [2.24, 2.45) is 10.7 Å². The van der Waals surface area contributed by atoms with Crippen molar-refractivity contribution in [2.45, 2.75) is 33.6 Å². The largest absolute Gasteiger partial charge is 0.382 e. The van der Waals surface area contributed by atoms with Crippen LogP contribution in [0.15, 0.2) is 29.5 Å². The summed E-state index contributed by atoms with van der Waals surface area (Å²) in [5, 5.41) is 1.97. The van der Waals surface area contributed by atoms with Crippen molar-refractivity contribution < 1.29 is 0 Å². The molecule has 0 saturated heterocycles. The predicted molar refractivity (Wildman–Crippen MR) is 91.3 cm³/mol. The van der Waals surface area contributed by atoms with Crippen LogP contribution in [0, 0.1) is 6.92 Å². The average molecular weight is 318 g/mol. The maximum Gasteiger partial charge on any atom is 0.152 e. The van der Waals surface area contributed by atoms with Gasteiger partial charge in [-0.3, -0.25) is 9.55 Å². The number of pyridine rings is 1. The number of hydrogen-bond donors (Lipinski definition) is 1. The summed E-state index contributed by atoms with van der Waals surface area (Å²) in [5.41, 5.74) is 7.06. The lowest BCUT2D eigenvalue weighted by molar-refractivity contribution is 0.929. The first-order chi connectivity index (χ1) is 10.5. The highest BCUT2D eigenvalue weighted by Crippen LogP contribution is 2.04. The molecular weight excluding hydrogens is 298 g/mol. The Labute approximate surface area is 134 Å². The topological polar surface area (TPSA) is 69.1 Å². The highest BCUT2D eigenvalue weighted by molar-refractivity contribution is 6.65. The van der Waals surface area contributed by atoms with Crippen LogP contribution in [0.3, 0.4) is 0 Å². The van der Waals surface area contributed by atoms with E-state index in [1.807, 2.05) is 19.1 Å². The number of aliphatic imine (C=N–C) groups is 1. The summed E-state index contributed by atoms with van der Waals surface area (Å²) in [7, 11) is 0. The fourth-order valence-electron chi connectivity index (χ4n) is 2.24. The van der Waals surface area contributed by atoms with E-state index in [-0.39, 0.29) is 0 Å². The Hall–Kier alpha value is -2.14. The molecule has 0 radical (unpaired) electrons. The molecule has 0 atom stereocenters. The van der Waals surface area contributed by atoms with E-state index in [0.717, 1.165) is 29.7 Å². The molecule has 2 rings (SSSR count). The second-order valence-electron chi connectivity index (χ2n) is 4.92. The summed E-state index contributed by atoms with van der Waals surface area (Å²) in [6, 6.07) is 3.88. The molecule has 0 bridgehead atoms. The molecular formula is C16H20ClN5. The Morgan fingerprint density at radius 2 is 2.09 bits per heavy atom. The van der Waals surface area contributed by atoms with Crippen molar-refractivity contribution in [3.8, 4) is 5.69 Å². The van der Waals surface area contributed by atoms with Gasteiger partial charge in [-0.05, 0) is 32.4 Å². The second-order valence-corrected chi connectivity index (χ2v) is 5.47. The maximum atomic E-state index is 6.07. The highest BCUT2D eigenvalue weighted by Gasteiger charge is 2.08. The van der Waals surface area contributed by atoms with Crippen LogP contribution < -0.4 is 16.4 Å². The first-order valence-electron chi connectivity index (χ1n) is 7.21. The molecule has 6 heteroatoms. The van der Waals surface area contributed by atoms with Gasteiger partial charge in [0.1, 0.15) is 16.3 Å². The number of nitrogens with two attached hydrogens (primary N) is 1. The van der Waals surface area contributed by atoms with Gasteiger partial charge >= 0.3 is 0 Å². The van der Waals surface area contributed by atoms with E-state index in [4.69, 9.17) is 17.3 Å². The Balaban J connectivity index is 2.82. The molecule has 2 aromatic rings. The van der Waals surface area contributed by atoms with Gasteiger partial charge in [-0.15, -0.1) is 0 Å². The minimum atomic E-state index is 0.325. The Bertz CT molecular complexity index is 786. The molecule has 0 aliphatic rings. The monoisotopic (exact) mass is 317 g/mol. The smallest absolute Gasteiger partial charge is 0.152 e. The maximum absolute atomic E-state index is 6.07. The minimum absolute atomic E-state index is 0.325. The minimum Gasteiger partial charge on any atom is -0.382 e. The van der Waals surface area contributed by atoms with Crippen molar-refractivity contribution in [3.05, 3.63) is 41.0 Å². The van der Waals surface area contributed by atoms with Gasteiger partial charge in [0.25, 0.3) is 0 Å². The van der Waals surface area contributed by atoms with Crippen molar-refractivity contribution in [1.82, 2.24) is 14.5 Å². The van der Waals surface area contributed by atoms with Gasteiger partial charge in [-0.2, -0.15) is 0 Å². The molecule has 0 unspecified atom stereocenters. The summed E-state index contributed by atoms with van der Waals surface area (Å²) in [5.74, 6) is 1.17. The lowest BCUT2D eigenvalue weighted by atomic mass is 10.3. The van der Waals surface area contributed by atoms with E-state index in [9.17, 15) is 0 Å². The van der Waals surface area contributed by atoms with Crippen LogP contribution >= 0.6 is 11.6 Å². The van der Waals surface area contributed by atoms with Crippen LogP contribution in [0.1, 0.15) is 32.5 Å². The summed E-state index contributed by atoms with van der Waals surface area (Å²) >= 11 is 5.84. The average Bonchev–Trinajstić information content (AvgIpc) is 2.82. The van der Waals surface area contributed by atoms with Crippen molar-refractivity contribution in [3.63, 3.8) is 0 Å². The quantitative estimate of drug-likeness (QED) is 0.875. The van der Waals surface area contributed by atoms with Gasteiger partial charge < -0.3 is 5.73 Å². The van der Waals surface area contributed by atoms with Crippen molar-refractivity contribution in [2.75, 3.05) is 0 Å². The molecule has 0 amide bonds. The number of aryl methyl sites for hydroxylation is 1. The van der Waals surface area contributed by atoms with Crippen LogP contribution in [0.4, 0.5) is 0 Å². The van der Waals surface area contributed by atoms with Gasteiger partial charge in [-0.25, -0.2) is 9.98 Å². The zero-order chi connectivity index (χ0) is 16.1. The van der Waals surface area contributed by atoms with Crippen LogP contribution in [-0.4, -0.2) is 19.7 Å². The van der Waals surface area contributed by atoms with E-state index in [0.29, 0.717) is 16.3 Å². The number of nitrogens with zero attached hydrogens (tertiary/aromatic N) is 4. The molecule has 22 heavy (non-hydrogen) atoms. The van der Waals surface area contributed by atoms with Gasteiger partial charge in [-0.1, -0.05) is 31.0 Å². The number of rotatable bonds is 4. The third-order valence-electron chi connectivity index (χ3n) is 3.15. The molecule has 0 fully saturated rings. The third-order valence-corrected chi connectivity index (χ3v) is 3.23. The standard InChI is InChI=1S/C16H20ClN5/c1-4-5-6-14-15(16(18)20-11(2)17)21-12(3)22(14)13-7-9-19-10-8-13/h6-10H,4-5,18H2,1-3H3/b14-6-,16-15+,20-11+. The Kier molecular flexibility index (Phi) is 5.33. The van der Waals surface area contributed by atoms with Crippen molar-refractivity contribution in [1.29, 1.82) is 0 Å². The second kappa shape index (κ2) is 7.22. The number of unbranched alkanes of at least 4 members (excludes halogenated alkanes) is 1. The third kappa shape index (κ3) is 3.54. The molecule has 2 N–H and O–H groups in total. The number of aromatic nitrogens is 3. The summed E-state index contributed by atoms with van der Waals surface area (Å²) in [4.78, 5) is 12.8. The number of hydrogen-bond acceptors (Lipinski definition) is 4. The van der Waals surface area contributed by atoms with Gasteiger partial charge in [0.2, 0.25) is 0 Å². The summed E-state index contributed by atoms with van der Waals surface area (Å²) in [6.45, 7) is 5.76. The summed E-state index contributed by atoms with van der Waals surface area (Å²) < 4.78 is 2.05. The zero-order valence-electron chi connectivity index (χ0n) is 13.0. The lowest BCUT2D eigenvalue weighted by Gasteiger charge is -2.05. The van der Waals surface area contributed by atoms with Crippen LogP contribution in [0.5, 0.6) is 0 Å². The molecule has 116 valence electrons. The zero-order valence-corrected chi connectivity index (χ0v) is 13.8. The van der Waals surface area contributed by atoms with E-state index in [1.165, 1.54) is 0 Å². The Morgan fingerprint density at radius 3 is 2.68 bits per heavy atom. The highest BCUT2D eigenvalue weighted by atomic mass is 35.5. The molecule has 0 aliphatic heterocycles. The molecule has 0 aliphatic carbocycles. The number of imidazole rings is 1. The van der Waals surface area contributed by atoms with E-state index in [2.05, 4.69) is 32.5 Å². The van der Waals surface area contributed by atoms with Gasteiger partial charge in [0.15, 0.2) is 5.82 Å². The first kappa shape index (κ1) is 16.2. The molecule has 2 aromatic heterocycles. The predicted octanol–water partition coefficient (Wildman–Crippen LogP) is 1.84. The normalized spacial score (nSPS) is 14.4. The van der Waals surface area contributed by atoms with Crippen LogP contribution in [0.2, 0.25) is 0 Å². The van der Waals surface area contributed by atoms with Gasteiger partial charge in [0.05, 0.1) is 11.0 Å². The molecule has 0 spiro atoms. The summed E-state index contributed by atoms with van der Waals surface area (Å²) in [6.07, 6.45) is 7.61. The first-order valence-corrected chi connectivity index (χ1v) is 7.59. The fourth-order valence-corrected chi connectivity index (χ4v) is 2.34. The molecule has 2 heterocycles. The van der Waals surface area contributed by atoms with Crippen molar-refractivity contribution >= 4 is 28.7 Å². The number of halogens is 1. The molecule has 0 aromatic carbocycles. The van der Waals surface area contributed by atoms with E-state index >= 15 is 0 Å². The SMILES string of the molecule is CCC/C=c1/c(=C(N)\N=C(/C)Cl)nc(C)n1-c1ccncc1. The van der Waals surface area contributed by atoms with E-state index in [1.54, 1.807) is 19.3 Å². The van der Waals surface area contributed by atoms with Crippen LogP contribution in [0.25, 0.3) is 17.6 Å². The van der Waals surface area contributed by atoms with Gasteiger partial charge in [0, 0.05) is 12.4 Å². The molecule has 0 saturated carbocycles. The molecule has 5 nitrogen and oxygen atoms in total.